The maximum Gasteiger partial charge on any atom is 0.307 e. The smallest absolute Gasteiger partial charge is 0.307 e. The van der Waals surface area contributed by atoms with E-state index in [1.165, 1.54) is 0 Å². The van der Waals surface area contributed by atoms with Crippen LogP contribution < -0.4 is 5.32 Å². The van der Waals surface area contributed by atoms with Crippen molar-refractivity contribution >= 4 is 11.9 Å². The summed E-state index contributed by atoms with van der Waals surface area (Å²) in [6.45, 7) is 6.99. The van der Waals surface area contributed by atoms with E-state index >= 15 is 0 Å². The van der Waals surface area contributed by atoms with Crippen LogP contribution in [-0.2, 0) is 14.3 Å². The van der Waals surface area contributed by atoms with Crippen LogP contribution >= 0.6 is 0 Å². The molecule has 2 aliphatic rings. The minimum atomic E-state index is -0.877. The van der Waals surface area contributed by atoms with Gasteiger partial charge in [-0.15, -0.1) is 0 Å². The third-order valence-electron chi connectivity index (χ3n) is 4.45. The Bertz CT molecular complexity index is 366. The highest BCUT2D eigenvalue weighted by atomic mass is 16.5. The third-order valence-corrected chi connectivity index (χ3v) is 4.45. The Balaban J connectivity index is 1.84. The number of hydrogen-bond acceptors (Lipinski definition) is 3. The molecule has 0 bridgehead atoms. The number of carboxylic acids is 1. The standard InChI is InChI=1S/C13H21NO4/c1-7-8(4-5-18-7)6-14-11(15)9-10(12(16)17)13(9,2)3/h7-10H,4-6H2,1-3H3,(H,14,15)(H,16,17)/t7?,8?,9-,10+/m1/s1. The molecule has 102 valence electrons. The summed E-state index contributed by atoms with van der Waals surface area (Å²) in [5.41, 5.74) is -0.423. The number of carbonyl (C=O) groups is 2. The fourth-order valence-corrected chi connectivity index (χ4v) is 2.97. The van der Waals surface area contributed by atoms with E-state index in [0.717, 1.165) is 13.0 Å². The SMILES string of the molecule is CC1OCCC1CNC(=O)[C@H]1[C@@H](C(=O)O)C1(C)C. The maximum atomic E-state index is 12.0. The lowest BCUT2D eigenvalue weighted by Gasteiger charge is -2.15. The summed E-state index contributed by atoms with van der Waals surface area (Å²) in [5, 5.41) is 11.9. The van der Waals surface area contributed by atoms with Gasteiger partial charge in [-0.1, -0.05) is 13.8 Å². The summed E-state index contributed by atoms with van der Waals surface area (Å²) >= 11 is 0. The van der Waals surface area contributed by atoms with Crippen molar-refractivity contribution in [1.82, 2.24) is 5.32 Å². The van der Waals surface area contributed by atoms with Crippen molar-refractivity contribution in [3.8, 4) is 0 Å². The van der Waals surface area contributed by atoms with Crippen LogP contribution in [0.5, 0.6) is 0 Å². The molecule has 0 aromatic heterocycles. The molecule has 5 nitrogen and oxygen atoms in total. The molecule has 5 heteroatoms. The monoisotopic (exact) mass is 255 g/mol. The van der Waals surface area contributed by atoms with E-state index in [2.05, 4.69) is 5.32 Å². The van der Waals surface area contributed by atoms with Gasteiger partial charge in [-0.25, -0.2) is 0 Å². The van der Waals surface area contributed by atoms with Gasteiger partial charge in [0.1, 0.15) is 0 Å². The highest BCUT2D eigenvalue weighted by Crippen LogP contribution is 2.58. The molecule has 1 saturated carbocycles. The zero-order chi connectivity index (χ0) is 13.5. The van der Waals surface area contributed by atoms with Gasteiger partial charge in [-0.05, 0) is 18.8 Å². The molecule has 1 aliphatic heterocycles. The zero-order valence-electron chi connectivity index (χ0n) is 11.1. The average Bonchev–Trinajstić information content (AvgIpc) is 2.62. The summed E-state index contributed by atoms with van der Waals surface area (Å²) in [4.78, 5) is 23.0. The van der Waals surface area contributed by atoms with E-state index in [-0.39, 0.29) is 12.0 Å². The normalized spacial score (nSPS) is 37.3. The van der Waals surface area contributed by atoms with Crippen LogP contribution in [0.25, 0.3) is 0 Å². The van der Waals surface area contributed by atoms with E-state index in [1.807, 2.05) is 20.8 Å². The van der Waals surface area contributed by atoms with E-state index < -0.39 is 23.2 Å². The summed E-state index contributed by atoms with van der Waals surface area (Å²) in [6, 6.07) is 0. The van der Waals surface area contributed by atoms with Gasteiger partial charge in [-0.3, -0.25) is 9.59 Å². The van der Waals surface area contributed by atoms with Crippen molar-refractivity contribution in [3.63, 3.8) is 0 Å². The van der Waals surface area contributed by atoms with Crippen molar-refractivity contribution in [2.75, 3.05) is 13.2 Å². The Morgan fingerprint density at radius 1 is 1.39 bits per heavy atom. The van der Waals surface area contributed by atoms with Gasteiger partial charge < -0.3 is 15.2 Å². The van der Waals surface area contributed by atoms with E-state index in [4.69, 9.17) is 9.84 Å². The van der Waals surface area contributed by atoms with Gasteiger partial charge in [0.2, 0.25) is 5.91 Å². The van der Waals surface area contributed by atoms with Crippen molar-refractivity contribution in [3.05, 3.63) is 0 Å². The second-order valence-electron chi connectivity index (χ2n) is 5.98. The van der Waals surface area contributed by atoms with Crippen molar-refractivity contribution in [2.45, 2.75) is 33.3 Å². The second-order valence-corrected chi connectivity index (χ2v) is 5.98. The molecule has 0 aromatic carbocycles. The zero-order valence-corrected chi connectivity index (χ0v) is 11.1. The number of hydrogen-bond donors (Lipinski definition) is 2. The second kappa shape index (κ2) is 4.53. The van der Waals surface area contributed by atoms with Gasteiger partial charge in [0, 0.05) is 19.1 Å². The molecule has 1 saturated heterocycles. The van der Waals surface area contributed by atoms with Gasteiger partial charge in [0.05, 0.1) is 17.9 Å². The fraction of sp³-hybridized carbons (Fsp3) is 0.846. The first-order chi connectivity index (χ1) is 8.35. The first-order valence-corrected chi connectivity index (χ1v) is 6.47. The number of rotatable bonds is 4. The molecule has 4 atom stereocenters. The molecule has 2 rings (SSSR count). The molecule has 0 spiro atoms. The third kappa shape index (κ3) is 2.23. The maximum absolute atomic E-state index is 12.0. The van der Waals surface area contributed by atoms with Crippen LogP contribution in [0.3, 0.4) is 0 Å². The lowest BCUT2D eigenvalue weighted by Crippen LogP contribution is -2.34. The molecule has 0 radical (unpaired) electrons. The average molecular weight is 255 g/mol. The Morgan fingerprint density at radius 3 is 2.50 bits per heavy atom. The molecular weight excluding hydrogens is 234 g/mol. The Kier molecular flexibility index (Phi) is 3.36. The Morgan fingerprint density at radius 2 is 2.06 bits per heavy atom. The number of carboxylic acid groups (broad SMARTS) is 1. The van der Waals surface area contributed by atoms with Crippen molar-refractivity contribution < 1.29 is 19.4 Å². The summed E-state index contributed by atoms with van der Waals surface area (Å²) < 4.78 is 5.43. The number of carbonyl (C=O) groups excluding carboxylic acids is 1. The molecule has 2 unspecified atom stereocenters. The lowest BCUT2D eigenvalue weighted by atomic mass is 10.0. The van der Waals surface area contributed by atoms with Crippen molar-refractivity contribution in [1.29, 1.82) is 0 Å². The van der Waals surface area contributed by atoms with Crippen LogP contribution in [-0.4, -0.2) is 36.2 Å². The molecule has 0 aromatic rings. The first-order valence-electron chi connectivity index (χ1n) is 6.47. The molecular formula is C13H21NO4. The molecule has 2 N–H and O–H groups in total. The molecule has 1 amide bonds. The van der Waals surface area contributed by atoms with Crippen LogP contribution in [0, 0.1) is 23.2 Å². The van der Waals surface area contributed by atoms with E-state index in [0.29, 0.717) is 12.5 Å². The van der Waals surface area contributed by atoms with Crippen LogP contribution in [0.2, 0.25) is 0 Å². The minimum Gasteiger partial charge on any atom is -0.481 e. The van der Waals surface area contributed by atoms with Gasteiger partial charge >= 0.3 is 5.97 Å². The first kappa shape index (κ1) is 13.3. The summed E-state index contributed by atoms with van der Waals surface area (Å²) in [6.07, 6.45) is 1.13. The van der Waals surface area contributed by atoms with E-state index in [1.54, 1.807) is 0 Å². The number of ether oxygens (including phenoxy) is 1. The van der Waals surface area contributed by atoms with Gasteiger partial charge in [0.15, 0.2) is 0 Å². The topological polar surface area (TPSA) is 75.6 Å². The highest BCUT2D eigenvalue weighted by Gasteiger charge is 2.65. The number of nitrogens with one attached hydrogen (secondary N) is 1. The molecule has 1 heterocycles. The van der Waals surface area contributed by atoms with Crippen molar-refractivity contribution in [2.24, 2.45) is 23.2 Å². The summed E-state index contributed by atoms with van der Waals surface area (Å²) in [5.74, 6) is -1.61. The largest absolute Gasteiger partial charge is 0.481 e. The van der Waals surface area contributed by atoms with Gasteiger partial charge in [0.25, 0.3) is 0 Å². The highest BCUT2D eigenvalue weighted by molar-refractivity contribution is 5.91. The number of aliphatic carboxylic acids is 1. The predicted octanol–water partition coefficient (Wildman–Crippen LogP) is 0.884. The molecule has 1 aliphatic carbocycles. The van der Waals surface area contributed by atoms with Gasteiger partial charge in [-0.2, -0.15) is 0 Å². The quantitative estimate of drug-likeness (QED) is 0.782. The Labute approximate surface area is 107 Å². The number of amides is 1. The minimum absolute atomic E-state index is 0.133. The molecule has 18 heavy (non-hydrogen) atoms. The Hall–Kier alpha value is -1.10. The predicted molar refractivity (Wildman–Crippen MR) is 64.9 cm³/mol. The van der Waals surface area contributed by atoms with Crippen LogP contribution in [0.15, 0.2) is 0 Å². The summed E-state index contributed by atoms with van der Waals surface area (Å²) in [7, 11) is 0. The fourth-order valence-electron chi connectivity index (χ4n) is 2.97. The van der Waals surface area contributed by atoms with Crippen LogP contribution in [0.1, 0.15) is 27.2 Å². The molecule has 2 fully saturated rings. The van der Waals surface area contributed by atoms with E-state index in [9.17, 15) is 9.59 Å². The van der Waals surface area contributed by atoms with Crippen LogP contribution in [0.4, 0.5) is 0 Å². The lowest BCUT2D eigenvalue weighted by molar-refractivity contribution is -0.140.